The van der Waals surface area contributed by atoms with Crippen LogP contribution >= 0.6 is 0 Å². The van der Waals surface area contributed by atoms with Gasteiger partial charge in [0.25, 0.3) is 0 Å². The van der Waals surface area contributed by atoms with Gasteiger partial charge in [0, 0.05) is 17.6 Å². The van der Waals surface area contributed by atoms with Gasteiger partial charge in [-0.2, -0.15) is 13.2 Å². The second-order valence-electron chi connectivity index (χ2n) is 7.64. The lowest BCUT2D eigenvalue weighted by atomic mass is 10.1. The van der Waals surface area contributed by atoms with Gasteiger partial charge >= 0.3 is 6.18 Å². The Morgan fingerprint density at radius 2 is 1.94 bits per heavy atom. The number of nitrogens with one attached hydrogen (secondary N) is 1. The first-order chi connectivity index (χ1) is 15.5. The number of hydrogen-bond donors (Lipinski definition) is 2. The minimum atomic E-state index is -4.48. The van der Waals surface area contributed by atoms with E-state index in [-0.39, 0.29) is 23.8 Å². The average Bonchev–Trinajstić information content (AvgIpc) is 2.98. The van der Waals surface area contributed by atoms with Crippen LogP contribution in [0.3, 0.4) is 0 Å². The molecule has 2 aromatic heterocycles. The van der Waals surface area contributed by atoms with Gasteiger partial charge in [0.05, 0.1) is 46.8 Å². The summed E-state index contributed by atoms with van der Waals surface area (Å²) in [5, 5.41) is 13.0. The van der Waals surface area contributed by atoms with Crippen LogP contribution in [-0.2, 0) is 27.2 Å². The number of fused-ring (bicyclic) bond motifs is 1. The van der Waals surface area contributed by atoms with E-state index in [1.54, 1.807) is 30.3 Å². The number of hydrogen-bond acceptors (Lipinski definition) is 7. The Bertz CT molecular complexity index is 1300. The lowest BCUT2D eigenvalue weighted by molar-refractivity contribution is -0.137. The third kappa shape index (κ3) is 5.57. The number of amides is 1. The summed E-state index contributed by atoms with van der Waals surface area (Å²) in [6.45, 7) is 0. The van der Waals surface area contributed by atoms with Gasteiger partial charge in [0.1, 0.15) is 5.75 Å². The number of aliphatic hydroxyl groups is 1. The molecule has 2 atom stereocenters. The summed E-state index contributed by atoms with van der Waals surface area (Å²) in [5.41, 5.74) is 0.114. The molecule has 0 spiro atoms. The molecule has 0 unspecified atom stereocenters. The normalized spacial score (nSPS) is 20.0. The molecule has 1 aliphatic rings. The highest BCUT2D eigenvalue weighted by molar-refractivity contribution is 7.91. The van der Waals surface area contributed by atoms with Crippen molar-refractivity contribution in [2.45, 2.75) is 24.7 Å². The number of sulfone groups is 1. The lowest BCUT2D eigenvalue weighted by Crippen LogP contribution is -2.43. The third-order valence-electron chi connectivity index (χ3n) is 5.02. The fourth-order valence-corrected chi connectivity index (χ4v) is 5.17. The molecule has 174 valence electrons. The van der Waals surface area contributed by atoms with Gasteiger partial charge in [-0.15, -0.1) is 0 Å². The Hall–Kier alpha value is -3.25. The molecule has 1 amide bonds. The maximum Gasteiger partial charge on any atom is 0.417 e. The molecule has 0 radical (unpaired) electrons. The number of alkyl halides is 3. The highest BCUT2D eigenvalue weighted by Crippen LogP contribution is 2.30. The minimum Gasteiger partial charge on any atom is -0.439 e. The maximum absolute atomic E-state index is 12.6. The molecule has 8 nitrogen and oxygen atoms in total. The van der Waals surface area contributed by atoms with Crippen molar-refractivity contribution in [2.75, 3.05) is 11.5 Å². The van der Waals surface area contributed by atoms with Crippen LogP contribution < -0.4 is 10.1 Å². The molecule has 1 aliphatic heterocycles. The van der Waals surface area contributed by atoms with E-state index in [0.29, 0.717) is 28.5 Å². The SMILES string of the molecule is O=C(Cc1ccc2cc(Oc3ccc(C(F)(F)F)cn3)ccc2n1)N[C@@H]1CS(=O)(=O)C[C@H]1O. The summed E-state index contributed by atoms with van der Waals surface area (Å²) in [7, 11) is -3.37. The van der Waals surface area contributed by atoms with Crippen LogP contribution in [0.5, 0.6) is 11.6 Å². The number of carbonyl (C=O) groups is 1. The summed E-state index contributed by atoms with van der Waals surface area (Å²) >= 11 is 0. The smallest absolute Gasteiger partial charge is 0.417 e. The second-order valence-corrected chi connectivity index (χ2v) is 9.79. The number of pyridine rings is 2. The van der Waals surface area contributed by atoms with E-state index in [9.17, 15) is 31.5 Å². The summed E-state index contributed by atoms with van der Waals surface area (Å²) in [4.78, 5) is 20.3. The Morgan fingerprint density at radius 1 is 1.15 bits per heavy atom. The van der Waals surface area contributed by atoms with Crippen molar-refractivity contribution in [1.29, 1.82) is 0 Å². The molecule has 3 heterocycles. The summed E-state index contributed by atoms with van der Waals surface area (Å²) in [6, 6.07) is 9.30. The zero-order valence-electron chi connectivity index (χ0n) is 16.9. The monoisotopic (exact) mass is 481 g/mol. The molecule has 1 aromatic carbocycles. The first kappa shape index (κ1) is 22.9. The summed E-state index contributed by atoms with van der Waals surface area (Å²) < 4.78 is 66.5. The predicted octanol–water partition coefficient (Wildman–Crippen LogP) is 2.26. The first-order valence-electron chi connectivity index (χ1n) is 9.77. The van der Waals surface area contributed by atoms with E-state index in [1.807, 2.05) is 0 Å². The number of nitrogens with zero attached hydrogens (tertiary/aromatic N) is 2. The van der Waals surface area contributed by atoms with Crippen LogP contribution in [-0.4, -0.2) is 53.1 Å². The minimum absolute atomic E-state index is 0.000264. The molecule has 12 heteroatoms. The molecule has 4 rings (SSSR count). The number of halogens is 3. The highest BCUT2D eigenvalue weighted by Gasteiger charge is 2.37. The van der Waals surface area contributed by atoms with E-state index in [4.69, 9.17) is 4.74 Å². The molecule has 0 saturated carbocycles. The first-order valence-corrected chi connectivity index (χ1v) is 11.6. The zero-order valence-corrected chi connectivity index (χ0v) is 17.7. The molecule has 3 aromatic rings. The van der Waals surface area contributed by atoms with Crippen LogP contribution in [0.1, 0.15) is 11.3 Å². The van der Waals surface area contributed by atoms with Crippen molar-refractivity contribution in [3.8, 4) is 11.6 Å². The van der Waals surface area contributed by atoms with Crippen molar-refractivity contribution in [2.24, 2.45) is 0 Å². The van der Waals surface area contributed by atoms with E-state index in [2.05, 4.69) is 15.3 Å². The largest absolute Gasteiger partial charge is 0.439 e. The standard InChI is InChI=1S/C21H18F3N3O5S/c22-21(23,24)13-2-6-20(25-9-13)32-15-4-5-16-12(7-15)1-3-14(26-16)8-19(29)27-17-10-33(30,31)11-18(17)28/h1-7,9,17-18,28H,8,10-11H2,(H,27,29)/t17-,18-/m1/s1. The third-order valence-corrected chi connectivity index (χ3v) is 6.73. The van der Waals surface area contributed by atoms with Gasteiger partial charge in [-0.05, 0) is 30.3 Å². The average molecular weight is 481 g/mol. The lowest BCUT2D eigenvalue weighted by Gasteiger charge is -2.14. The number of aliphatic hydroxyl groups excluding tert-OH is 1. The molecule has 0 aliphatic carbocycles. The molecule has 0 bridgehead atoms. The van der Waals surface area contributed by atoms with Crippen LogP contribution in [0.4, 0.5) is 13.2 Å². The summed E-state index contributed by atoms with van der Waals surface area (Å²) in [6.07, 6.45) is -5.04. The van der Waals surface area contributed by atoms with Crippen molar-refractivity contribution in [3.63, 3.8) is 0 Å². The Balaban J connectivity index is 1.42. The number of carbonyl (C=O) groups excluding carboxylic acids is 1. The van der Waals surface area contributed by atoms with Gasteiger partial charge in [0.2, 0.25) is 11.8 Å². The quantitative estimate of drug-likeness (QED) is 0.574. The molecule has 33 heavy (non-hydrogen) atoms. The van der Waals surface area contributed by atoms with E-state index in [1.165, 1.54) is 0 Å². The summed E-state index contributed by atoms with van der Waals surface area (Å²) in [5.74, 6) is -0.797. The number of benzene rings is 1. The molecule has 1 saturated heterocycles. The van der Waals surface area contributed by atoms with Crippen molar-refractivity contribution < 1.29 is 36.2 Å². The van der Waals surface area contributed by atoms with Gasteiger partial charge in [0.15, 0.2) is 9.84 Å². The maximum atomic E-state index is 12.6. The van der Waals surface area contributed by atoms with Gasteiger partial charge in [-0.25, -0.2) is 13.4 Å². The van der Waals surface area contributed by atoms with Crippen LogP contribution in [0, 0.1) is 0 Å². The predicted molar refractivity (Wildman–Crippen MR) is 111 cm³/mol. The fraction of sp³-hybridized carbons (Fsp3) is 0.286. The molecule has 2 N–H and O–H groups in total. The van der Waals surface area contributed by atoms with Crippen LogP contribution in [0.2, 0.25) is 0 Å². The van der Waals surface area contributed by atoms with Crippen LogP contribution in [0.25, 0.3) is 10.9 Å². The van der Waals surface area contributed by atoms with E-state index in [0.717, 1.165) is 12.1 Å². The topological polar surface area (TPSA) is 118 Å². The van der Waals surface area contributed by atoms with Gasteiger partial charge < -0.3 is 15.2 Å². The second kappa shape index (κ2) is 8.60. The molecular formula is C21H18F3N3O5S. The molecular weight excluding hydrogens is 463 g/mol. The fourth-order valence-electron chi connectivity index (χ4n) is 3.43. The van der Waals surface area contributed by atoms with Gasteiger partial charge in [-0.1, -0.05) is 6.07 Å². The van der Waals surface area contributed by atoms with Gasteiger partial charge in [-0.3, -0.25) is 9.78 Å². The van der Waals surface area contributed by atoms with Crippen molar-refractivity contribution >= 4 is 26.6 Å². The van der Waals surface area contributed by atoms with E-state index < -0.39 is 39.6 Å². The number of rotatable bonds is 5. The highest BCUT2D eigenvalue weighted by atomic mass is 32.2. The Labute approximate surface area is 186 Å². The Morgan fingerprint density at radius 3 is 2.58 bits per heavy atom. The van der Waals surface area contributed by atoms with E-state index >= 15 is 0 Å². The Kier molecular flexibility index (Phi) is 5.97. The van der Waals surface area contributed by atoms with Crippen LogP contribution in [0.15, 0.2) is 48.7 Å². The zero-order chi connectivity index (χ0) is 23.8. The number of ether oxygens (including phenoxy) is 1. The van der Waals surface area contributed by atoms with Crippen molar-refractivity contribution in [3.05, 3.63) is 59.9 Å². The number of aromatic nitrogens is 2. The van der Waals surface area contributed by atoms with Crippen molar-refractivity contribution in [1.82, 2.24) is 15.3 Å². The molecule has 1 fully saturated rings.